The minimum atomic E-state index is -1.65. The molecule has 3 heterocycles. The van der Waals surface area contributed by atoms with E-state index in [1.807, 2.05) is 60.7 Å². The lowest BCUT2D eigenvalue weighted by Gasteiger charge is -2.56. The molecule has 1 unspecified atom stereocenters. The fourth-order valence-electron chi connectivity index (χ4n) is 4.53. The second-order valence-corrected chi connectivity index (χ2v) is 11.2. The largest absolute Gasteiger partial charge is 0.448 e. The Morgan fingerprint density at radius 1 is 1.18 bits per heavy atom. The normalized spacial score (nSPS) is 20.2. The molecule has 2 amide bonds. The second-order valence-electron chi connectivity index (χ2n) is 8.89. The molecule has 11 nitrogen and oxygen atoms in total. The van der Waals surface area contributed by atoms with Gasteiger partial charge >= 0.3 is 5.97 Å². The van der Waals surface area contributed by atoms with Crippen LogP contribution in [0.3, 0.4) is 0 Å². The number of rotatable bonds is 10. The van der Waals surface area contributed by atoms with Crippen LogP contribution in [-0.4, -0.2) is 78.5 Å². The highest BCUT2D eigenvalue weighted by Gasteiger charge is 2.66. The third kappa shape index (κ3) is 5.21. The lowest BCUT2D eigenvalue weighted by Crippen LogP contribution is -2.80. The molecule has 0 spiro atoms. The Balaban J connectivity index is 1.51. The quantitative estimate of drug-likeness (QED) is 0.122. The topological polar surface area (TPSA) is 129 Å². The van der Waals surface area contributed by atoms with Gasteiger partial charge in [0.15, 0.2) is 6.10 Å². The summed E-state index contributed by atoms with van der Waals surface area (Å²) in [7, 11) is 3.05. The standard InChI is InChI=1S/C26H25ClN6O5S2/c1-32-25(29-30-31-32)40-15-18-14-39-24-26(37-2,28-19(34)13-27)23(36)33(24)20(18)22(35)38-21(16-9-5-3-6-10-16)17-11-7-4-8-12-17/h3-12,21,24H,13-15H2,1-2H3,(H,28,34)/t24?,26-/m0/s1. The van der Waals surface area contributed by atoms with Crippen LogP contribution >= 0.6 is 35.1 Å². The summed E-state index contributed by atoms with van der Waals surface area (Å²) in [6.45, 7) is 0. The third-order valence-electron chi connectivity index (χ3n) is 6.46. The molecule has 2 aliphatic rings. The van der Waals surface area contributed by atoms with Gasteiger partial charge in [0.25, 0.3) is 11.6 Å². The zero-order valence-electron chi connectivity index (χ0n) is 21.5. The van der Waals surface area contributed by atoms with Crippen LogP contribution in [0.25, 0.3) is 0 Å². The maximum atomic E-state index is 14.0. The minimum absolute atomic E-state index is 0.112. The van der Waals surface area contributed by atoms with Crippen molar-refractivity contribution in [3.63, 3.8) is 0 Å². The number of amides is 2. The van der Waals surface area contributed by atoms with E-state index >= 15 is 0 Å². The molecule has 2 atom stereocenters. The van der Waals surface area contributed by atoms with E-state index < -0.39 is 35.0 Å². The van der Waals surface area contributed by atoms with Gasteiger partial charge in [-0.3, -0.25) is 14.5 Å². The van der Waals surface area contributed by atoms with E-state index in [1.165, 1.54) is 40.2 Å². The van der Waals surface area contributed by atoms with Crippen LogP contribution in [0.5, 0.6) is 0 Å². The van der Waals surface area contributed by atoms with Crippen LogP contribution in [-0.2, 0) is 30.9 Å². The number of β-lactam (4-membered cyclic amide) rings is 1. The fraction of sp³-hybridized carbons (Fsp3) is 0.308. The van der Waals surface area contributed by atoms with Crippen LogP contribution < -0.4 is 5.32 Å². The van der Waals surface area contributed by atoms with E-state index in [9.17, 15) is 14.4 Å². The first-order chi connectivity index (χ1) is 19.4. The van der Waals surface area contributed by atoms with E-state index in [1.54, 1.807) is 7.05 Å². The van der Waals surface area contributed by atoms with Crippen LogP contribution in [0.4, 0.5) is 0 Å². The number of aryl methyl sites for hydroxylation is 1. The number of halogens is 1. The molecule has 1 fully saturated rings. The highest BCUT2D eigenvalue weighted by molar-refractivity contribution is 8.01. The van der Waals surface area contributed by atoms with Gasteiger partial charge in [0, 0.05) is 25.7 Å². The zero-order chi connectivity index (χ0) is 28.3. The van der Waals surface area contributed by atoms with Crippen molar-refractivity contribution in [2.24, 2.45) is 7.05 Å². The van der Waals surface area contributed by atoms with Gasteiger partial charge in [0.2, 0.25) is 11.1 Å². The maximum absolute atomic E-state index is 14.0. The Labute approximate surface area is 243 Å². The molecular weight excluding hydrogens is 576 g/mol. The molecule has 208 valence electrons. The number of benzene rings is 2. The van der Waals surface area contributed by atoms with E-state index in [4.69, 9.17) is 21.1 Å². The van der Waals surface area contributed by atoms with Crippen molar-refractivity contribution in [1.82, 2.24) is 30.4 Å². The smallest absolute Gasteiger partial charge is 0.356 e. The Morgan fingerprint density at radius 3 is 2.38 bits per heavy atom. The number of tetrazole rings is 1. The number of thioether (sulfide) groups is 2. The second kappa shape index (κ2) is 12.0. The number of nitrogens with one attached hydrogen (secondary N) is 1. The van der Waals surface area contributed by atoms with E-state index in [0.717, 1.165) is 11.1 Å². The van der Waals surface area contributed by atoms with Gasteiger partial charge in [-0.25, -0.2) is 9.48 Å². The molecule has 14 heteroatoms. The number of aromatic nitrogens is 4. The summed E-state index contributed by atoms with van der Waals surface area (Å²) in [4.78, 5) is 41.2. The average Bonchev–Trinajstić information content (AvgIpc) is 3.41. The molecule has 1 N–H and O–H groups in total. The lowest BCUT2D eigenvalue weighted by atomic mass is 9.98. The average molecular weight is 601 g/mol. The van der Waals surface area contributed by atoms with Crippen molar-refractivity contribution in [2.45, 2.75) is 22.4 Å². The zero-order valence-corrected chi connectivity index (χ0v) is 23.9. The summed E-state index contributed by atoms with van der Waals surface area (Å²) in [5.41, 5.74) is 0.691. The van der Waals surface area contributed by atoms with Crippen molar-refractivity contribution in [3.8, 4) is 0 Å². The van der Waals surface area contributed by atoms with Gasteiger partial charge < -0.3 is 14.8 Å². The molecule has 1 aromatic heterocycles. The van der Waals surface area contributed by atoms with Crippen molar-refractivity contribution in [2.75, 3.05) is 24.5 Å². The first-order valence-corrected chi connectivity index (χ1v) is 14.7. The van der Waals surface area contributed by atoms with E-state index in [2.05, 4.69) is 20.8 Å². The number of alkyl halides is 1. The number of fused-ring (bicyclic) bond motifs is 1. The minimum Gasteiger partial charge on any atom is -0.448 e. The van der Waals surface area contributed by atoms with E-state index in [-0.39, 0.29) is 11.6 Å². The number of carbonyl (C=O) groups excluding carboxylic acids is 3. The third-order valence-corrected chi connectivity index (χ3v) is 9.17. The molecule has 2 aromatic carbocycles. The molecule has 2 aliphatic heterocycles. The first-order valence-electron chi connectivity index (χ1n) is 12.1. The molecule has 40 heavy (non-hydrogen) atoms. The van der Waals surface area contributed by atoms with Gasteiger partial charge in [-0.15, -0.1) is 28.5 Å². The number of hydrogen-bond donors (Lipinski definition) is 1. The summed E-state index contributed by atoms with van der Waals surface area (Å²) in [6, 6.07) is 18.8. The Hall–Kier alpha value is -3.39. The predicted octanol–water partition coefficient (Wildman–Crippen LogP) is 2.50. The predicted molar refractivity (Wildman–Crippen MR) is 149 cm³/mol. The SMILES string of the molecule is CO[C@@]1(NC(=O)CCl)C(=O)N2C(C(=O)OC(c3ccccc3)c3ccccc3)=C(CSc3nnnn3C)CSC21. The summed E-state index contributed by atoms with van der Waals surface area (Å²) < 4.78 is 13.2. The molecule has 0 bridgehead atoms. The van der Waals surface area contributed by atoms with Crippen LogP contribution in [0.2, 0.25) is 0 Å². The number of esters is 1. The van der Waals surface area contributed by atoms with Crippen molar-refractivity contribution in [1.29, 1.82) is 0 Å². The molecule has 1 saturated heterocycles. The maximum Gasteiger partial charge on any atom is 0.356 e. The van der Waals surface area contributed by atoms with Gasteiger partial charge in [0.1, 0.15) is 17.0 Å². The van der Waals surface area contributed by atoms with E-state index in [0.29, 0.717) is 22.2 Å². The summed E-state index contributed by atoms with van der Waals surface area (Å²) in [6.07, 6.45) is -0.716. The summed E-state index contributed by atoms with van der Waals surface area (Å²) >= 11 is 8.40. The molecular formula is C26H25ClN6O5S2. The molecule has 3 aromatic rings. The van der Waals surface area contributed by atoms with Gasteiger partial charge in [-0.05, 0) is 27.1 Å². The lowest BCUT2D eigenvalue weighted by molar-refractivity contribution is -0.192. The number of carbonyl (C=O) groups is 3. The highest BCUT2D eigenvalue weighted by atomic mass is 35.5. The molecule has 0 saturated carbocycles. The molecule has 0 radical (unpaired) electrons. The molecule has 5 rings (SSSR count). The van der Waals surface area contributed by atoms with Crippen molar-refractivity contribution in [3.05, 3.63) is 83.1 Å². The monoisotopic (exact) mass is 600 g/mol. The van der Waals surface area contributed by atoms with Crippen molar-refractivity contribution >= 4 is 52.9 Å². The Morgan fingerprint density at radius 2 is 1.82 bits per heavy atom. The Kier molecular flexibility index (Phi) is 8.45. The molecule has 0 aliphatic carbocycles. The van der Waals surface area contributed by atoms with Crippen molar-refractivity contribution < 1.29 is 23.9 Å². The fourth-order valence-corrected chi connectivity index (χ4v) is 7.02. The van der Waals surface area contributed by atoms with Crippen LogP contribution in [0.15, 0.2) is 77.1 Å². The van der Waals surface area contributed by atoms with Gasteiger partial charge in [0.05, 0.1) is 0 Å². The summed E-state index contributed by atoms with van der Waals surface area (Å²) in [5.74, 6) is -1.45. The Bertz CT molecular complexity index is 1400. The number of hydrogen-bond acceptors (Lipinski definition) is 10. The van der Waals surface area contributed by atoms with Crippen LogP contribution in [0, 0.1) is 0 Å². The summed E-state index contributed by atoms with van der Waals surface area (Å²) in [5, 5.41) is 13.9. The number of ether oxygens (including phenoxy) is 2. The van der Waals surface area contributed by atoms with Gasteiger partial charge in [-0.1, -0.05) is 72.4 Å². The van der Waals surface area contributed by atoms with Gasteiger partial charge in [-0.2, -0.15) is 0 Å². The highest BCUT2D eigenvalue weighted by Crippen LogP contribution is 2.48. The number of methoxy groups -OCH3 is 1. The van der Waals surface area contributed by atoms with Crippen LogP contribution in [0.1, 0.15) is 17.2 Å². The number of nitrogens with zero attached hydrogens (tertiary/aromatic N) is 5. The first kappa shape index (κ1) is 28.1.